The fourth-order valence-electron chi connectivity index (χ4n) is 1.37. The van der Waals surface area contributed by atoms with E-state index in [0.717, 1.165) is 18.7 Å². The van der Waals surface area contributed by atoms with Crippen LogP contribution in [0.4, 0.5) is 0 Å². The molecule has 4 heteroatoms. The van der Waals surface area contributed by atoms with Gasteiger partial charge in [-0.1, -0.05) is 0 Å². The number of aromatic nitrogens is 2. The third-order valence-electron chi connectivity index (χ3n) is 2.58. The van der Waals surface area contributed by atoms with Crippen molar-refractivity contribution in [3.05, 3.63) is 18.2 Å². The van der Waals surface area contributed by atoms with Crippen LogP contribution in [-0.2, 0) is 5.41 Å². The first-order valence-corrected chi connectivity index (χ1v) is 4.37. The number of nitrogens with zero attached hydrogens (tertiary/aromatic N) is 2. The highest BCUT2D eigenvalue weighted by Crippen LogP contribution is 2.45. The Morgan fingerprint density at radius 2 is 2.08 bits per heavy atom. The largest absolute Gasteiger partial charge is 0.494 e. The lowest BCUT2D eigenvalue weighted by Gasteiger charge is -2.09. The predicted molar refractivity (Wildman–Crippen MR) is 48.6 cm³/mol. The second-order valence-corrected chi connectivity index (χ2v) is 3.43. The molecule has 1 aliphatic rings. The van der Waals surface area contributed by atoms with E-state index in [1.165, 1.54) is 0 Å². The van der Waals surface area contributed by atoms with Crippen molar-refractivity contribution in [2.45, 2.75) is 18.3 Å². The fraction of sp³-hybridized carbons (Fsp3) is 0.556. The molecule has 1 saturated carbocycles. The minimum atomic E-state index is 0.0757. The Morgan fingerprint density at radius 3 is 2.46 bits per heavy atom. The zero-order chi connectivity index (χ0) is 9.31. The molecule has 0 bridgehead atoms. The van der Waals surface area contributed by atoms with Gasteiger partial charge in [0.15, 0.2) is 5.75 Å². The molecule has 1 aromatic heterocycles. The van der Waals surface area contributed by atoms with Crippen molar-refractivity contribution in [1.82, 2.24) is 9.97 Å². The van der Waals surface area contributed by atoms with E-state index in [4.69, 9.17) is 10.5 Å². The molecule has 0 radical (unpaired) electrons. The lowest BCUT2D eigenvalue weighted by atomic mass is 10.1. The highest BCUT2D eigenvalue weighted by Gasteiger charge is 2.45. The summed E-state index contributed by atoms with van der Waals surface area (Å²) in [6.07, 6.45) is 5.60. The Labute approximate surface area is 77.1 Å². The van der Waals surface area contributed by atoms with Crippen LogP contribution in [0.15, 0.2) is 12.4 Å². The van der Waals surface area contributed by atoms with Crippen LogP contribution < -0.4 is 10.5 Å². The van der Waals surface area contributed by atoms with Gasteiger partial charge in [0.25, 0.3) is 0 Å². The number of rotatable bonds is 3. The number of hydrogen-bond donors (Lipinski definition) is 1. The smallest absolute Gasteiger partial charge is 0.155 e. The van der Waals surface area contributed by atoms with Crippen molar-refractivity contribution >= 4 is 0 Å². The average Bonchev–Trinajstić information content (AvgIpc) is 2.99. The fourth-order valence-corrected chi connectivity index (χ4v) is 1.37. The lowest BCUT2D eigenvalue weighted by molar-refractivity contribution is 0.409. The minimum Gasteiger partial charge on any atom is -0.494 e. The zero-order valence-electron chi connectivity index (χ0n) is 7.66. The molecule has 1 heterocycles. The normalized spacial score (nSPS) is 18.3. The van der Waals surface area contributed by atoms with E-state index in [9.17, 15) is 0 Å². The van der Waals surface area contributed by atoms with Crippen molar-refractivity contribution in [3.8, 4) is 5.75 Å². The summed E-state index contributed by atoms with van der Waals surface area (Å²) in [5, 5.41) is 0. The first-order chi connectivity index (χ1) is 6.30. The van der Waals surface area contributed by atoms with Crippen LogP contribution >= 0.6 is 0 Å². The molecule has 1 aliphatic carbocycles. The van der Waals surface area contributed by atoms with Gasteiger partial charge in [0.1, 0.15) is 5.82 Å². The van der Waals surface area contributed by atoms with E-state index in [1.807, 2.05) is 0 Å². The van der Waals surface area contributed by atoms with Gasteiger partial charge in [-0.3, -0.25) is 0 Å². The van der Waals surface area contributed by atoms with E-state index in [-0.39, 0.29) is 5.41 Å². The van der Waals surface area contributed by atoms with E-state index in [0.29, 0.717) is 12.3 Å². The third-order valence-corrected chi connectivity index (χ3v) is 2.58. The van der Waals surface area contributed by atoms with Crippen LogP contribution in [0, 0.1) is 0 Å². The summed E-state index contributed by atoms with van der Waals surface area (Å²) >= 11 is 0. The molecule has 4 nitrogen and oxygen atoms in total. The molecule has 2 rings (SSSR count). The van der Waals surface area contributed by atoms with Crippen molar-refractivity contribution in [3.63, 3.8) is 0 Å². The Bertz CT molecular complexity index is 292. The number of nitrogens with two attached hydrogens (primary N) is 1. The molecular formula is C9H13N3O. The molecule has 0 spiro atoms. The Kier molecular flexibility index (Phi) is 1.92. The van der Waals surface area contributed by atoms with E-state index < -0.39 is 0 Å². The van der Waals surface area contributed by atoms with Gasteiger partial charge >= 0.3 is 0 Å². The van der Waals surface area contributed by atoms with Crippen molar-refractivity contribution in [2.75, 3.05) is 13.7 Å². The van der Waals surface area contributed by atoms with Gasteiger partial charge < -0.3 is 10.5 Å². The number of hydrogen-bond acceptors (Lipinski definition) is 4. The second-order valence-electron chi connectivity index (χ2n) is 3.43. The summed E-state index contributed by atoms with van der Waals surface area (Å²) in [5.74, 6) is 1.55. The molecule has 1 aromatic rings. The quantitative estimate of drug-likeness (QED) is 0.733. The molecule has 70 valence electrons. The van der Waals surface area contributed by atoms with Crippen molar-refractivity contribution in [1.29, 1.82) is 0 Å². The maximum Gasteiger partial charge on any atom is 0.155 e. The van der Waals surface area contributed by atoms with Gasteiger partial charge in [0.05, 0.1) is 19.5 Å². The minimum absolute atomic E-state index is 0.0757. The van der Waals surface area contributed by atoms with Crippen LogP contribution in [0.25, 0.3) is 0 Å². The van der Waals surface area contributed by atoms with Crippen LogP contribution in [0.2, 0.25) is 0 Å². The number of ether oxygens (including phenoxy) is 1. The molecule has 0 saturated heterocycles. The Balaban J connectivity index is 2.23. The molecule has 0 aromatic carbocycles. The van der Waals surface area contributed by atoms with Gasteiger partial charge in [0.2, 0.25) is 0 Å². The topological polar surface area (TPSA) is 61.0 Å². The summed E-state index contributed by atoms with van der Waals surface area (Å²) in [6.45, 7) is 0.638. The van der Waals surface area contributed by atoms with Gasteiger partial charge in [-0.25, -0.2) is 9.97 Å². The molecule has 0 unspecified atom stereocenters. The van der Waals surface area contributed by atoms with E-state index in [2.05, 4.69) is 9.97 Å². The monoisotopic (exact) mass is 179 g/mol. The highest BCUT2D eigenvalue weighted by molar-refractivity contribution is 5.22. The first kappa shape index (κ1) is 8.44. The Morgan fingerprint density at radius 1 is 1.46 bits per heavy atom. The van der Waals surface area contributed by atoms with Crippen molar-refractivity contribution in [2.24, 2.45) is 5.73 Å². The summed E-state index contributed by atoms with van der Waals surface area (Å²) in [7, 11) is 1.61. The second kappa shape index (κ2) is 2.96. The van der Waals surface area contributed by atoms with E-state index in [1.54, 1.807) is 19.5 Å². The van der Waals surface area contributed by atoms with Crippen LogP contribution in [0.1, 0.15) is 18.7 Å². The van der Waals surface area contributed by atoms with Crippen LogP contribution in [0.5, 0.6) is 5.75 Å². The highest BCUT2D eigenvalue weighted by atomic mass is 16.5. The SMILES string of the molecule is COc1cnc(C2(CN)CC2)nc1. The molecular weight excluding hydrogens is 166 g/mol. The third kappa shape index (κ3) is 1.37. The molecule has 13 heavy (non-hydrogen) atoms. The van der Waals surface area contributed by atoms with Gasteiger partial charge in [0, 0.05) is 12.0 Å². The summed E-state index contributed by atoms with van der Waals surface area (Å²) in [5.41, 5.74) is 5.74. The standard InChI is InChI=1S/C9H13N3O/c1-13-7-4-11-8(12-5-7)9(6-10)2-3-9/h4-5H,2-3,6,10H2,1H3. The maximum absolute atomic E-state index is 5.66. The molecule has 0 amide bonds. The van der Waals surface area contributed by atoms with E-state index >= 15 is 0 Å². The summed E-state index contributed by atoms with van der Waals surface area (Å²) in [4.78, 5) is 8.48. The van der Waals surface area contributed by atoms with Crippen molar-refractivity contribution < 1.29 is 4.74 Å². The molecule has 2 N–H and O–H groups in total. The predicted octanol–water partition coefficient (Wildman–Crippen LogP) is 0.475. The van der Waals surface area contributed by atoms with Crippen LogP contribution in [0.3, 0.4) is 0 Å². The van der Waals surface area contributed by atoms with Crippen LogP contribution in [-0.4, -0.2) is 23.6 Å². The average molecular weight is 179 g/mol. The van der Waals surface area contributed by atoms with Gasteiger partial charge in [-0.15, -0.1) is 0 Å². The summed E-state index contributed by atoms with van der Waals surface area (Å²) in [6, 6.07) is 0. The zero-order valence-corrected chi connectivity index (χ0v) is 7.66. The Hall–Kier alpha value is -1.16. The molecule has 0 aliphatic heterocycles. The first-order valence-electron chi connectivity index (χ1n) is 4.37. The summed E-state index contributed by atoms with van der Waals surface area (Å²) < 4.78 is 4.98. The molecule has 1 fully saturated rings. The number of methoxy groups -OCH3 is 1. The lowest BCUT2D eigenvalue weighted by Crippen LogP contribution is -2.22. The van der Waals surface area contributed by atoms with Gasteiger partial charge in [-0.2, -0.15) is 0 Å². The van der Waals surface area contributed by atoms with Gasteiger partial charge in [-0.05, 0) is 12.8 Å². The molecule has 0 atom stereocenters. The maximum atomic E-state index is 5.66.